The maximum Gasteiger partial charge on any atom is 0.338 e. The van der Waals surface area contributed by atoms with Crippen LogP contribution in [-0.4, -0.2) is 40.7 Å². The Kier molecular flexibility index (Phi) is 8.37. The molecule has 2 aromatic rings. The van der Waals surface area contributed by atoms with E-state index in [1.807, 2.05) is 0 Å². The molecular formula is C21H25NO7S. The number of hydrogen-bond donors (Lipinski definition) is 1. The van der Waals surface area contributed by atoms with Gasteiger partial charge in [0.05, 0.1) is 43.2 Å². The molecular weight excluding hydrogens is 410 g/mol. The molecule has 1 atom stereocenters. The highest BCUT2D eigenvalue weighted by molar-refractivity contribution is 7.89. The number of esters is 2. The standard InChI is InChI=1S/C21H25NO7S/c1-4-28-20(23)14-19(15-8-6-10-17(12-15)27-3)22-30(25,26)18-11-7-9-16(13-18)21(24)29-5-2/h6-13,19,22H,4-5,14H2,1-3H3. The lowest BCUT2D eigenvalue weighted by Gasteiger charge is -2.19. The largest absolute Gasteiger partial charge is 0.497 e. The predicted octanol–water partition coefficient (Wildman–Crippen LogP) is 2.84. The third kappa shape index (κ3) is 6.30. The highest BCUT2D eigenvalue weighted by Crippen LogP contribution is 2.25. The van der Waals surface area contributed by atoms with Gasteiger partial charge in [-0.2, -0.15) is 0 Å². The van der Waals surface area contributed by atoms with E-state index in [0.29, 0.717) is 11.3 Å². The Morgan fingerprint density at radius 1 is 1.00 bits per heavy atom. The van der Waals surface area contributed by atoms with Crippen LogP contribution in [0.25, 0.3) is 0 Å². The minimum Gasteiger partial charge on any atom is -0.497 e. The Bertz CT molecular complexity index is 988. The average Bonchev–Trinajstić information content (AvgIpc) is 2.73. The van der Waals surface area contributed by atoms with Gasteiger partial charge in [0.2, 0.25) is 10.0 Å². The molecule has 0 bridgehead atoms. The first-order valence-corrected chi connectivity index (χ1v) is 10.9. The molecule has 0 fully saturated rings. The minimum absolute atomic E-state index is 0.114. The van der Waals surface area contributed by atoms with Crippen LogP contribution in [0.4, 0.5) is 0 Å². The first-order chi connectivity index (χ1) is 14.3. The van der Waals surface area contributed by atoms with E-state index in [1.54, 1.807) is 38.1 Å². The van der Waals surface area contributed by atoms with Gasteiger partial charge in [0.1, 0.15) is 5.75 Å². The number of benzene rings is 2. The van der Waals surface area contributed by atoms with Crippen molar-refractivity contribution in [1.29, 1.82) is 0 Å². The summed E-state index contributed by atoms with van der Waals surface area (Å²) >= 11 is 0. The van der Waals surface area contributed by atoms with Crippen LogP contribution in [0.2, 0.25) is 0 Å². The first kappa shape index (κ1) is 23.4. The highest BCUT2D eigenvalue weighted by atomic mass is 32.2. The average molecular weight is 435 g/mol. The van der Waals surface area contributed by atoms with Gasteiger partial charge >= 0.3 is 11.9 Å². The van der Waals surface area contributed by atoms with Crippen molar-refractivity contribution in [3.8, 4) is 5.75 Å². The summed E-state index contributed by atoms with van der Waals surface area (Å²) in [4.78, 5) is 23.9. The molecule has 0 saturated carbocycles. The number of nitrogens with one attached hydrogen (secondary N) is 1. The molecule has 1 unspecified atom stereocenters. The summed E-state index contributed by atoms with van der Waals surface area (Å²) in [7, 11) is -2.57. The van der Waals surface area contributed by atoms with Crippen molar-refractivity contribution in [3.63, 3.8) is 0 Å². The lowest BCUT2D eigenvalue weighted by atomic mass is 10.0. The molecule has 8 nitrogen and oxygen atoms in total. The van der Waals surface area contributed by atoms with Gasteiger partial charge in [-0.25, -0.2) is 17.9 Å². The van der Waals surface area contributed by atoms with Crippen LogP contribution >= 0.6 is 0 Å². The fourth-order valence-corrected chi connectivity index (χ4v) is 4.00. The van der Waals surface area contributed by atoms with Crippen LogP contribution in [0.3, 0.4) is 0 Å². The Morgan fingerprint density at radius 3 is 2.37 bits per heavy atom. The van der Waals surface area contributed by atoms with Crippen LogP contribution in [0, 0.1) is 0 Å². The van der Waals surface area contributed by atoms with E-state index in [-0.39, 0.29) is 30.1 Å². The van der Waals surface area contributed by atoms with Crippen molar-refractivity contribution in [2.45, 2.75) is 31.2 Å². The monoisotopic (exact) mass is 435 g/mol. The second-order valence-corrected chi connectivity index (χ2v) is 7.92. The maximum absolute atomic E-state index is 13.0. The van der Waals surface area contributed by atoms with Gasteiger partial charge in [-0.15, -0.1) is 0 Å². The zero-order chi connectivity index (χ0) is 22.1. The summed E-state index contributed by atoms with van der Waals surface area (Å²) in [6.07, 6.45) is -0.211. The van der Waals surface area contributed by atoms with Crippen molar-refractivity contribution < 1.29 is 32.2 Å². The molecule has 0 amide bonds. The fourth-order valence-electron chi connectivity index (χ4n) is 2.73. The number of methoxy groups -OCH3 is 1. The van der Waals surface area contributed by atoms with Crippen molar-refractivity contribution in [3.05, 3.63) is 59.7 Å². The van der Waals surface area contributed by atoms with Crippen molar-refractivity contribution in [2.75, 3.05) is 20.3 Å². The molecule has 0 saturated heterocycles. The number of ether oxygens (including phenoxy) is 3. The van der Waals surface area contributed by atoms with Crippen molar-refractivity contribution >= 4 is 22.0 Å². The van der Waals surface area contributed by atoms with Crippen LogP contribution in [-0.2, 0) is 24.3 Å². The molecule has 0 radical (unpaired) electrons. The van der Waals surface area contributed by atoms with Gasteiger partial charge in [-0.1, -0.05) is 18.2 Å². The molecule has 0 aliphatic heterocycles. The van der Waals surface area contributed by atoms with Crippen molar-refractivity contribution in [1.82, 2.24) is 4.72 Å². The second kappa shape index (κ2) is 10.7. The van der Waals surface area contributed by atoms with E-state index in [1.165, 1.54) is 31.4 Å². The van der Waals surface area contributed by atoms with Crippen LogP contribution in [0.15, 0.2) is 53.4 Å². The number of sulfonamides is 1. The zero-order valence-corrected chi connectivity index (χ0v) is 17.9. The quantitative estimate of drug-likeness (QED) is 0.572. The Balaban J connectivity index is 2.36. The zero-order valence-electron chi connectivity index (χ0n) is 17.1. The van der Waals surface area contributed by atoms with Crippen LogP contribution in [0.1, 0.15) is 42.2 Å². The minimum atomic E-state index is -4.07. The summed E-state index contributed by atoms with van der Waals surface area (Å²) in [5.74, 6) is -0.649. The Labute approximate surface area is 176 Å². The molecule has 2 aromatic carbocycles. The van der Waals surface area contributed by atoms with E-state index >= 15 is 0 Å². The Morgan fingerprint density at radius 2 is 1.70 bits per heavy atom. The number of carbonyl (C=O) groups is 2. The number of carbonyl (C=O) groups excluding carboxylic acids is 2. The van der Waals surface area contributed by atoms with Gasteiger partial charge in [0.25, 0.3) is 0 Å². The van der Waals surface area contributed by atoms with Crippen LogP contribution in [0.5, 0.6) is 5.75 Å². The van der Waals surface area contributed by atoms with Gasteiger partial charge in [-0.05, 0) is 49.7 Å². The summed E-state index contributed by atoms with van der Waals surface area (Å²) in [6.45, 7) is 3.68. The van der Waals surface area contributed by atoms with Gasteiger partial charge in [0.15, 0.2) is 0 Å². The molecule has 0 spiro atoms. The lowest BCUT2D eigenvalue weighted by Crippen LogP contribution is -2.31. The molecule has 0 aromatic heterocycles. The van der Waals surface area contributed by atoms with E-state index in [2.05, 4.69) is 4.72 Å². The number of rotatable bonds is 10. The van der Waals surface area contributed by atoms with E-state index in [0.717, 1.165) is 0 Å². The smallest absolute Gasteiger partial charge is 0.338 e. The molecule has 0 aliphatic rings. The lowest BCUT2D eigenvalue weighted by molar-refractivity contribution is -0.143. The third-order valence-corrected chi connectivity index (χ3v) is 5.59. The van der Waals surface area contributed by atoms with Gasteiger partial charge < -0.3 is 14.2 Å². The Hall–Kier alpha value is -2.91. The van der Waals surface area contributed by atoms with Crippen molar-refractivity contribution in [2.24, 2.45) is 0 Å². The summed E-state index contributed by atoms with van der Waals surface area (Å²) in [5.41, 5.74) is 0.649. The summed E-state index contributed by atoms with van der Waals surface area (Å²) < 4.78 is 43.6. The van der Waals surface area contributed by atoms with E-state index in [9.17, 15) is 18.0 Å². The topological polar surface area (TPSA) is 108 Å². The second-order valence-electron chi connectivity index (χ2n) is 6.21. The first-order valence-electron chi connectivity index (χ1n) is 9.39. The normalized spacial score (nSPS) is 12.1. The third-order valence-electron chi connectivity index (χ3n) is 4.13. The van der Waals surface area contributed by atoms with Gasteiger partial charge in [-0.3, -0.25) is 4.79 Å². The number of hydrogen-bond acceptors (Lipinski definition) is 7. The molecule has 2 rings (SSSR count). The van der Waals surface area contributed by atoms with Gasteiger partial charge in [0, 0.05) is 0 Å². The fraction of sp³-hybridized carbons (Fsp3) is 0.333. The van der Waals surface area contributed by atoms with Crippen LogP contribution < -0.4 is 9.46 Å². The summed E-state index contributed by atoms with van der Waals surface area (Å²) in [5, 5.41) is 0. The van der Waals surface area contributed by atoms with E-state index in [4.69, 9.17) is 14.2 Å². The SMILES string of the molecule is CCOC(=O)CC(NS(=O)(=O)c1cccc(C(=O)OCC)c1)c1cccc(OC)c1. The highest BCUT2D eigenvalue weighted by Gasteiger charge is 2.25. The predicted molar refractivity (Wildman–Crippen MR) is 110 cm³/mol. The summed E-state index contributed by atoms with van der Waals surface area (Å²) in [6, 6.07) is 11.3. The molecule has 30 heavy (non-hydrogen) atoms. The van der Waals surface area contributed by atoms with E-state index < -0.39 is 28.0 Å². The molecule has 1 N–H and O–H groups in total. The maximum atomic E-state index is 13.0. The molecule has 0 aliphatic carbocycles. The molecule has 162 valence electrons. The molecule has 0 heterocycles. The molecule has 9 heteroatoms.